The van der Waals surface area contributed by atoms with Gasteiger partial charge in [0.15, 0.2) is 0 Å². The highest BCUT2D eigenvalue weighted by Gasteiger charge is 2.37. The number of hydrogen-bond donors (Lipinski definition) is 9. The number of H-pyrrole nitrogens is 4. The number of hydrogen-bond acceptors (Lipinski definition) is 27. The number of anilines is 7. The molecule has 1 unspecified atom stereocenters. The van der Waals surface area contributed by atoms with Gasteiger partial charge in [0.1, 0.15) is 46.9 Å². The number of fused-ring (bicyclic) bond motifs is 4. The molecule has 16 aromatic rings. The van der Waals surface area contributed by atoms with E-state index in [1.165, 1.54) is 66.5 Å². The molecular formula is C101H94F12N30O. The fourth-order valence-corrected chi connectivity index (χ4v) is 16.8. The number of aromatic nitrogens is 16. The lowest BCUT2D eigenvalue weighted by Crippen LogP contribution is -2.45. The van der Waals surface area contributed by atoms with Gasteiger partial charge in [0.05, 0.1) is 123 Å². The monoisotopic (exact) mass is 1970 g/mol. The quantitative estimate of drug-likeness (QED) is 0.0285. The molecule has 9 N–H and O–H groups in total. The predicted molar refractivity (Wildman–Crippen MR) is 521 cm³/mol. The van der Waals surface area contributed by atoms with Crippen LogP contribution in [0.25, 0.3) is 89.2 Å². The van der Waals surface area contributed by atoms with Crippen LogP contribution in [-0.4, -0.2) is 195 Å². The van der Waals surface area contributed by atoms with Crippen molar-refractivity contribution in [1.29, 1.82) is 21.0 Å². The van der Waals surface area contributed by atoms with Gasteiger partial charge in [-0.2, -0.15) is 73.7 Å². The van der Waals surface area contributed by atoms with Gasteiger partial charge in [0.25, 0.3) is 0 Å². The summed E-state index contributed by atoms with van der Waals surface area (Å²) in [7, 11) is 3.92. The van der Waals surface area contributed by atoms with Crippen molar-refractivity contribution >= 4 is 85.0 Å². The Balaban J connectivity index is 0.000000139. The number of halogens is 12. The van der Waals surface area contributed by atoms with Gasteiger partial charge in [-0.1, -0.05) is 66.7 Å². The Kier molecular flexibility index (Phi) is 30.5. The molecule has 3 aliphatic rings. The summed E-state index contributed by atoms with van der Waals surface area (Å²) in [6.07, 6.45) is -2.49. The smallest absolute Gasteiger partial charge is 0.379 e. The van der Waals surface area contributed by atoms with Crippen LogP contribution in [0.4, 0.5) is 93.5 Å². The van der Waals surface area contributed by atoms with Crippen molar-refractivity contribution in [1.82, 2.24) is 94.9 Å². The summed E-state index contributed by atoms with van der Waals surface area (Å²) in [6.45, 7) is 20.5. The zero-order valence-electron chi connectivity index (χ0n) is 78.3. The molecule has 4 aromatic carbocycles. The number of nitriles is 4. The zero-order chi connectivity index (χ0) is 102. The second-order valence-corrected chi connectivity index (χ2v) is 34.6. The second-order valence-electron chi connectivity index (χ2n) is 34.6. The third-order valence-corrected chi connectivity index (χ3v) is 24.5. The van der Waals surface area contributed by atoms with E-state index in [0.29, 0.717) is 41.4 Å². The van der Waals surface area contributed by atoms with Crippen LogP contribution in [0.3, 0.4) is 0 Å². The highest BCUT2D eigenvalue weighted by Crippen LogP contribution is 2.42. The van der Waals surface area contributed by atoms with Crippen LogP contribution in [0.2, 0.25) is 0 Å². The third-order valence-electron chi connectivity index (χ3n) is 24.5. The molecule has 0 aliphatic carbocycles. The van der Waals surface area contributed by atoms with E-state index in [4.69, 9.17) is 4.74 Å². The minimum absolute atomic E-state index is 0.0142. The lowest BCUT2D eigenvalue weighted by atomic mass is 10.1. The molecule has 43 heteroatoms. The zero-order valence-corrected chi connectivity index (χ0v) is 78.3. The molecule has 738 valence electrons. The van der Waals surface area contributed by atoms with Gasteiger partial charge >= 0.3 is 24.7 Å². The highest BCUT2D eigenvalue weighted by molar-refractivity contribution is 5.98. The molecule has 31 nitrogen and oxygen atoms in total. The Hall–Kier alpha value is -16.5. The van der Waals surface area contributed by atoms with Crippen molar-refractivity contribution in [3.8, 4) is 69.3 Å². The number of piperazine rings is 1. The van der Waals surface area contributed by atoms with Crippen LogP contribution in [0, 0.1) is 45.3 Å². The SMILES string of the molecule is CC(Nc1ncc(C#N)c(-c2c[nH]c3ncc(C(F)(F)F)cc23)n1)c1ccc(N2CCCNCC2)cc1.C[C@@H](Nc1ncc(C#N)c(-c2c[nH]c3ncc(C(F)(F)F)cc23)n1)c1ccc(N(C)C)cc1.C[C@@H](Nc1ncc(C#N)c(-c2c[nH]c3ncc(C(F)(F)F)cc23)n1)c1ccc(N2CCN(Cc3ccccc3)CC2)cc1.C[C@H](CN1CCOCC1)Nc1ncc(C#N)c(-c2c[nH]c3ncc(C(F)(F)F)cc23)n1. The lowest BCUT2D eigenvalue weighted by Gasteiger charge is -2.36. The van der Waals surface area contributed by atoms with E-state index < -0.39 is 47.0 Å². The maximum atomic E-state index is 13.3. The van der Waals surface area contributed by atoms with E-state index >= 15 is 0 Å². The molecule has 0 bridgehead atoms. The first kappa shape index (κ1) is 100. The summed E-state index contributed by atoms with van der Waals surface area (Å²) in [5.41, 5.74) is 8.25. The summed E-state index contributed by atoms with van der Waals surface area (Å²) in [5.74, 6) is 1.07. The van der Waals surface area contributed by atoms with E-state index in [0.717, 1.165) is 156 Å². The molecule has 144 heavy (non-hydrogen) atoms. The largest absolute Gasteiger partial charge is 0.417 e. The van der Waals surface area contributed by atoms with Gasteiger partial charge in [0, 0.05) is 203 Å². The Morgan fingerprint density at radius 3 is 1.05 bits per heavy atom. The molecule has 15 heterocycles. The number of pyridine rings is 4. The average Bonchev–Trinajstić information content (AvgIpc) is 1.71. The first-order valence-electron chi connectivity index (χ1n) is 45.7. The fraction of sp³-hybridized carbons (Fsp3) is 0.287. The van der Waals surface area contributed by atoms with E-state index in [9.17, 15) is 73.7 Å². The van der Waals surface area contributed by atoms with Crippen LogP contribution in [0.15, 0.2) is 202 Å². The molecule has 12 aromatic heterocycles. The summed E-state index contributed by atoms with van der Waals surface area (Å²) >= 11 is 0. The molecular weight excluding hydrogens is 1880 g/mol. The molecule has 0 spiro atoms. The number of nitrogens with zero attached hydrogens (tertiary/aromatic N) is 21. The van der Waals surface area contributed by atoms with Crippen molar-refractivity contribution in [2.45, 2.75) is 89.5 Å². The van der Waals surface area contributed by atoms with E-state index in [2.05, 4.69) is 199 Å². The average molecular weight is 1970 g/mol. The van der Waals surface area contributed by atoms with Crippen molar-refractivity contribution in [2.24, 2.45) is 0 Å². The normalized spacial score (nSPS) is 14.7. The van der Waals surface area contributed by atoms with Crippen LogP contribution in [-0.2, 0) is 36.0 Å². The molecule has 3 fully saturated rings. The number of nitrogens with one attached hydrogen (secondary N) is 9. The minimum atomic E-state index is -4.55. The van der Waals surface area contributed by atoms with E-state index in [1.54, 1.807) is 0 Å². The molecule has 0 radical (unpaired) electrons. The van der Waals surface area contributed by atoms with Gasteiger partial charge in [0.2, 0.25) is 23.8 Å². The van der Waals surface area contributed by atoms with Gasteiger partial charge < -0.3 is 66.0 Å². The maximum Gasteiger partial charge on any atom is 0.417 e. The Labute approximate surface area is 817 Å². The minimum Gasteiger partial charge on any atom is -0.379 e. The molecule has 0 saturated carbocycles. The van der Waals surface area contributed by atoms with Gasteiger partial charge in [-0.15, -0.1) is 0 Å². The number of rotatable bonds is 22. The Morgan fingerprint density at radius 2 is 0.715 bits per heavy atom. The van der Waals surface area contributed by atoms with Gasteiger partial charge in [-0.25, -0.2) is 59.8 Å². The van der Waals surface area contributed by atoms with Crippen molar-refractivity contribution in [3.63, 3.8) is 0 Å². The number of alkyl halides is 12. The van der Waals surface area contributed by atoms with Crippen molar-refractivity contribution < 1.29 is 57.4 Å². The summed E-state index contributed by atoms with van der Waals surface area (Å²) in [6, 6.07) is 46.8. The van der Waals surface area contributed by atoms with Gasteiger partial charge in [-0.05, 0) is 124 Å². The number of morpholine rings is 1. The molecule has 4 atom stereocenters. The van der Waals surface area contributed by atoms with Crippen molar-refractivity contribution in [3.05, 3.63) is 269 Å². The van der Waals surface area contributed by atoms with Gasteiger partial charge in [-0.3, -0.25) is 9.80 Å². The third kappa shape index (κ3) is 24.0. The molecule has 3 saturated heterocycles. The number of ether oxygens (including phenoxy) is 1. The number of aromatic amines is 4. The summed E-state index contributed by atoms with van der Waals surface area (Å²) in [4.78, 5) is 73.3. The van der Waals surface area contributed by atoms with Crippen LogP contribution in [0.5, 0.6) is 0 Å². The molecule has 3 aliphatic heterocycles. The lowest BCUT2D eigenvalue weighted by molar-refractivity contribution is -0.138. The molecule has 0 amide bonds. The maximum absolute atomic E-state index is 13.3. The Morgan fingerprint density at radius 1 is 0.382 bits per heavy atom. The standard InChI is InChI=1S/C32H29F3N8.C26H25F3N8.C23H20F3N7.C20H20F3N7O/c1-21(23-7-9-26(10-8-23)43-13-11-42(12-14-43)20-22-5-3-2-4-6-22)40-31-39-17-24(16-36)29(41-31)28-19-38-30-27(28)15-25(18-37-30)32(33,34)35;1-16(17-3-5-20(6-4-17)37-9-2-7-31-8-10-37)35-25-34-13-18(12-30)23(36-25)22-15-33-24-21(22)11-19(14-32-24)26(27,28)29;1-13(14-4-6-17(7-5-14)33(2)3)31-22-30-10-15(9-27)20(32-22)19-12-29-21-18(19)8-16(11-28-21)23(24,25)26;1-12(11-30-2-4-31-5-3-30)28-19-27-8-13(7-24)17(29-19)16-10-26-18-15(16)6-14(9-25-18)20(21,22)23/h2-10,15,17-19,21H,11-14,20H2,1H3,(H,37,38)(H,39,40,41);3-6,11,13-16,31H,2,7-10H2,1H3,(H,32,33)(H,34,35,36);4-8,10-13H,1-3H3,(H,28,29)(H,30,31,32);6,8-10,12H,2-5,11H2,1H3,(H,25,26)(H,27,28,29)/t21-;;13-;12-/m1.11/s1. The highest BCUT2D eigenvalue weighted by atomic mass is 19.4. The predicted octanol–water partition coefficient (Wildman–Crippen LogP) is 19.5. The first-order valence-corrected chi connectivity index (χ1v) is 45.7. The van der Waals surface area contributed by atoms with Crippen LogP contribution < -0.4 is 41.3 Å². The van der Waals surface area contributed by atoms with Crippen LogP contribution in [0.1, 0.15) is 119 Å². The van der Waals surface area contributed by atoms with Crippen molar-refractivity contribution in [2.75, 3.05) is 135 Å². The summed E-state index contributed by atoms with van der Waals surface area (Å²) < 4.78 is 164. The van der Waals surface area contributed by atoms with E-state index in [1.807, 2.05) is 101 Å². The topological polar surface area (TPSA) is 399 Å². The van der Waals surface area contributed by atoms with Crippen LogP contribution >= 0.6 is 0 Å². The molecule has 19 rings (SSSR count). The summed E-state index contributed by atoms with van der Waals surface area (Å²) in [5, 5.41) is 55.5. The Bertz CT molecular complexity index is 7370. The van der Waals surface area contributed by atoms with E-state index in [-0.39, 0.29) is 131 Å². The fourth-order valence-electron chi connectivity index (χ4n) is 16.8. The first-order chi connectivity index (χ1) is 69.1. The number of benzene rings is 4. The second kappa shape index (κ2) is 43.7.